The van der Waals surface area contributed by atoms with Gasteiger partial charge in [0, 0.05) is 36.9 Å². The third-order valence-corrected chi connectivity index (χ3v) is 6.94. The van der Waals surface area contributed by atoms with Gasteiger partial charge >= 0.3 is 0 Å². The van der Waals surface area contributed by atoms with E-state index in [-0.39, 0.29) is 5.91 Å². The van der Waals surface area contributed by atoms with Gasteiger partial charge in [-0.05, 0) is 55.0 Å². The molecule has 0 atom stereocenters. The van der Waals surface area contributed by atoms with Gasteiger partial charge in [-0.25, -0.2) is 14.6 Å². The highest BCUT2D eigenvalue weighted by atomic mass is 16.2. The van der Waals surface area contributed by atoms with E-state index in [0.29, 0.717) is 23.8 Å². The lowest BCUT2D eigenvalue weighted by atomic mass is 10.0. The molecule has 178 valence electrons. The van der Waals surface area contributed by atoms with Crippen molar-refractivity contribution in [2.75, 3.05) is 7.05 Å². The first-order valence-corrected chi connectivity index (χ1v) is 12.2. The van der Waals surface area contributed by atoms with Crippen LogP contribution in [0, 0.1) is 6.92 Å². The zero-order valence-electron chi connectivity index (χ0n) is 20.3. The summed E-state index contributed by atoms with van der Waals surface area (Å²) in [5.74, 6) is 0.379. The summed E-state index contributed by atoms with van der Waals surface area (Å²) in [4.78, 5) is 29.1. The van der Waals surface area contributed by atoms with E-state index in [2.05, 4.69) is 33.3 Å². The molecule has 0 saturated heterocycles. The fraction of sp³-hybridized carbons (Fsp3) is 0.207. The smallest absolute Gasteiger partial charge is 0.257 e. The molecule has 0 N–H and O–H groups in total. The number of fused-ring (bicyclic) bond motifs is 4. The van der Waals surface area contributed by atoms with E-state index in [1.54, 1.807) is 22.0 Å². The molecule has 0 unspecified atom stereocenters. The number of benzene rings is 2. The molecule has 0 bridgehead atoms. The third kappa shape index (κ3) is 3.82. The molecular formula is C29H26N6O. The fourth-order valence-corrected chi connectivity index (χ4v) is 5.01. The molecule has 0 aliphatic heterocycles. The lowest BCUT2D eigenvalue weighted by Crippen LogP contribution is -2.26. The summed E-state index contributed by atoms with van der Waals surface area (Å²) in [5, 5.41) is 5.56. The normalized spacial score (nSPS) is 12.6. The average molecular weight is 475 g/mol. The maximum Gasteiger partial charge on any atom is 0.257 e. The quantitative estimate of drug-likeness (QED) is 0.368. The van der Waals surface area contributed by atoms with Crippen LogP contribution in [0.25, 0.3) is 28.1 Å². The Morgan fingerprint density at radius 2 is 1.83 bits per heavy atom. The molecule has 1 aliphatic carbocycles. The molecule has 0 saturated carbocycles. The van der Waals surface area contributed by atoms with Crippen molar-refractivity contribution in [2.24, 2.45) is 0 Å². The molecule has 5 aromatic rings. The molecule has 1 amide bonds. The van der Waals surface area contributed by atoms with Gasteiger partial charge in [-0.15, -0.1) is 0 Å². The van der Waals surface area contributed by atoms with Gasteiger partial charge in [0.05, 0.1) is 28.7 Å². The molecule has 7 heteroatoms. The molecule has 7 nitrogen and oxygen atoms in total. The van der Waals surface area contributed by atoms with Crippen LogP contribution in [0.4, 0.5) is 0 Å². The number of pyridine rings is 1. The maximum atomic E-state index is 13.4. The summed E-state index contributed by atoms with van der Waals surface area (Å²) in [7, 11) is 1.81. The number of aryl methyl sites for hydroxylation is 2. The maximum absolute atomic E-state index is 13.4. The molecule has 1 aliphatic rings. The first-order chi connectivity index (χ1) is 17.6. The summed E-state index contributed by atoms with van der Waals surface area (Å²) < 4.78 is 1.66. The predicted molar refractivity (Wildman–Crippen MR) is 139 cm³/mol. The summed E-state index contributed by atoms with van der Waals surface area (Å²) >= 11 is 0. The number of rotatable bonds is 4. The molecule has 3 heterocycles. The Labute approximate surface area is 209 Å². The van der Waals surface area contributed by atoms with Crippen molar-refractivity contribution in [1.82, 2.24) is 29.6 Å². The van der Waals surface area contributed by atoms with E-state index in [1.165, 1.54) is 5.56 Å². The Balaban J connectivity index is 1.31. The Morgan fingerprint density at radius 3 is 2.75 bits per heavy atom. The highest BCUT2D eigenvalue weighted by Crippen LogP contribution is 2.31. The molecule has 0 radical (unpaired) electrons. The van der Waals surface area contributed by atoms with Crippen LogP contribution in [-0.4, -0.2) is 42.6 Å². The van der Waals surface area contributed by atoms with Crippen molar-refractivity contribution in [2.45, 2.75) is 32.7 Å². The topological polar surface area (TPSA) is 76.8 Å². The zero-order chi connectivity index (χ0) is 24.6. The van der Waals surface area contributed by atoms with Crippen molar-refractivity contribution in [3.63, 3.8) is 0 Å². The van der Waals surface area contributed by atoms with Gasteiger partial charge in [-0.2, -0.15) is 5.10 Å². The molecule has 2 aromatic carbocycles. The van der Waals surface area contributed by atoms with E-state index in [1.807, 2.05) is 56.6 Å². The molecule has 0 spiro atoms. The number of hydrogen-bond acceptors (Lipinski definition) is 5. The minimum Gasteiger partial charge on any atom is -0.337 e. The summed E-state index contributed by atoms with van der Waals surface area (Å²) in [6, 6.07) is 18.4. The largest absolute Gasteiger partial charge is 0.337 e. The lowest BCUT2D eigenvalue weighted by Gasteiger charge is -2.18. The number of nitrogens with zero attached hydrogens (tertiary/aromatic N) is 6. The number of carbonyl (C=O) groups excluding carboxylic acids is 1. The van der Waals surface area contributed by atoms with Crippen LogP contribution in [-0.2, 0) is 19.4 Å². The van der Waals surface area contributed by atoms with Crippen molar-refractivity contribution < 1.29 is 4.79 Å². The molecule has 0 fully saturated rings. The van der Waals surface area contributed by atoms with Crippen LogP contribution in [0.15, 0.2) is 73.2 Å². The Morgan fingerprint density at radius 1 is 0.972 bits per heavy atom. The van der Waals surface area contributed by atoms with Crippen LogP contribution in [0.1, 0.15) is 39.2 Å². The zero-order valence-corrected chi connectivity index (χ0v) is 20.3. The van der Waals surface area contributed by atoms with Gasteiger partial charge in [-0.1, -0.05) is 42.5 Å². The Bertz CT molecular complexity index is 1600. The number of hydrogen-bond donors (Lipinski definition) is 0. The minimum absolute atomic E-state index is 0.0975. The summed E-state index contributed by atoms with van der Waals surface area (Å²) in [6.45, 7) is 2.36. The van der Waals surface area contributed by atoms with Crippen LogP contribution >= 0.6 is 0 Å². The number of carbonyl (C=O) groups is 1. The van der Waals surface area contributed by atoms with E-state index < -0.39 is 0 Å². The van der Waals surface area contributed by atoms with Gasteiger partial charge in [-0.3, -0.25) is 9.78 Å². The monoisotopic (exact) mass is 474 g/mol. The molecule has 36 heavy (non-hydrogen) atoms. The second-order valence-electron chi connectivity index (χ2n) is 9.26. The van der Waals surface area contributed by atoms with Gasteiger partial charge in [0.25, 0.3) is 11.9 Å². The van der Waals surface area contributed by atoms with Crippen molar-refractivity contribution in [3.05, 3.63) is 101 Å². The van der Waals surface area contributed by atoms with Gasteiger partial charge < -0.3 is 4.90 Å². The molecule has 6 rings (SSSR count). The van der Waals surface area contributed by atoms with Gasteiger partial charge in [0.15, 0.2) is 0 Å². The van der Waals surface area contributed by atoms with E-state index >= 15 is 0 Å². The lowest BCUT2D eigenvalue weighted by molar-refractivity contribution is 0.0785. The first kappa shape index (κ1) is 22.1. The SMILES string of the molecule is Cc1c(C(=O)N(C)Cc2cccc3ncccc23)cnn1-c1ncc2c(n1)-c1ccccc1CCC2. The third-order valence-electron chi connectivity index (χ3n) is 6.94. The van der Waals surface area contributed by atoms with E-state index in [4.69, 9.17) is 4.98 Å². The van der Waals surface area contributed by atoms with Gasteiger partial charge in [0.2, 0.25) is 0 Å². The summed E-state index contributed by atoms with van der Waals surface area (Å²) in [6.07, 6.45) is 8.35. The second-order valence-corrected chi connectivity index (χ2v) is 9.26. The van der Waals surface area contributed by atoms with Crippen LogP contribution in [0.3, 0.4) is 0 Å². The highest BCUT2D eigenvalue weighted by Gasteiger charge is 2.22. The van der Waals surface area contributed by atoms with Crippen LogP contribution < -0.4 is 0 Å². The van der Waals surface area contributed by atoms with Crippen LogP contribution in [0.2, 0.25) is 0 Å². The second kappa shape index (κ2) is 9.00. The number of amides is 1. The fourth-order valence-electron chi connectivity index (χ4n) is 5.01. The standard InChI is InChI=1S/C29H26N6O/c1-19-25(28(36)34(2)18-22-11-6-14-26-23(22)13-7-15-30-26)17-32-35(19)29-31-16-21-10-5-9-20-8-3-4-12-24(20)27(21)33-29/h3-4,6-8,11-17H,5,9-10,18H2,1-2H3. The number of aromatic nitrogens is 5. The first-order valence-electron chi connectivity index (χ1n) is 12.2. The van der Waals surface area contributed by atoms with Crippen LogP contribution in [0.5, 0.6) is 0 Å². The molecular weight excluding hydrogens is 448 g/mol. The Hall–Kier alpha value is -4.39. The Kier molecular flexibility index (Phi) is 5.52. The van der Waals surface area contributed by atoms with E-state index in [0.717, 1.165) is 52.5 Å². The highest BCUT2D eigenvalue weighted by molar-refractivity contribution is 5.95. The van der Waals surface area contributed by atoms with Crippen molar-refractivity contribution in [1.29, 1.82) is 0 Å². The molecule has 3 aromatic heterocycles. The summed E-state index contributed by atoms with van der Waals surface area (Å²) in [5.41, 5.74) is 7.78. The van der Waals surface area contributed by atoms with Crippen molar-refractivity contribution in [3.8, 4) is 17.2 Å². The van der Waals surface area contributed by atoms with Gasteiger partial charge in [0.1, 0.15) is 0 Å². The van der Waals surface area contributed by atoms with E-state index in [9.17, 15) is 4.79 Å². The minimum atomic E-state index is -0.0975. The predicted octanol–water partition coefficient (Wildman–Crippen LogP) is 4.95. The average Bonchev–Trinajstić information content (AvgIpc) is 3.19. The van der Waals surface area contributed by atoms with Crippen molar-refractivity contribution >= 4 is 16.8 Å².